The van der Waals surface area contributed by atoms with Gasteiger partial charge in [0.15, 0.2) is 0 Å². The van der Waals surface area contributed by atoms with Gasteiger partial charge in [-0.2, -0.15) is 0 Å². The van der Waals surface area contributed by atoms with Gasteiger partial charge in [0, 0.05) is 12.2 Å². The van der Waals surface area contributed by atoms with Crippen molar-refractivity contribution in [2.45, 2.75) is 27.3 Å². The maximum Gasteiger partial charge on any atom is 0.0403 e. The molecule has 88 valence electrons. The summed E-state index contributed by atoms with van der Waals surface area (Å²) in [7, 11) is 0. The van der Waals surface area contributed by atoms with Gasteiger partial charge in [0.2, 0.25) is 0 Å². The maximum atomic E-state index is 3.51. The molecule has 0 bridgehead atoms. The minimum absolute atomic E-state index is 0.886. The second kappa shape index (κ2) is 5.05. The molecule has 17 heavy (non-hydrogen) atoms. The standard InChI is InChI=1S/C16H19N/c1-12-8-9-14(3)16(10-12)17-11-15-7-5-4-6-13(15)2/h4-10,17H,11H2,1-3H3. The molecule has 0 aliphatic rings. The Bertz CT molecular complexity index is 515. The Morgan fingerprint density at radius 3 is 2.41 bits per heavy atom. The van der Waals surface area contributed by atoms with Crippen molar-refractivity contribution >= 4 is 5.69 Å². The topological polar surface area (TPSA) is 12.0 Å². The van der Waals surface area contributed by atoms with Gasteiger partial charge in [-0.25, -0.2) is 0 Å². The molecule has 0 saturated heterocycles. The molecule has 1 nitrogen and oxygen atoms in total. The molecule has 0 aliphatic heterocycles. The summed E-state index contributed by atoms with van der Waals surface area (Å²) in [5, 5.41) is 3.51. The van der Waals surface area contributed by atoms with E-state index >= 15 is 0 Å². The number of anilines is 1. The summed E-state index contributed by atoms with van der Waals surface area (Å²) >= 11 is 0. The lowest BCUT2D eigenvalue weighted by atomic mass is 10.1. The highest BCUT2D eigenvalue weighted by Crippen LogP contribution is 2.18. The van der Waals surface area contributed by atoms with E-state index in [9.17, 15) is 0 Å². The predicted octanol–water partition coefficient (Wildman–Crippen LogP) is 4.22. The van der Waals surface area contributed by atoms with Crippen LogP contribution in [0.25, 0.3) is 0 Å². The van der Waals surface area contributed by atoms with Gasteiger partial charge in [-0.3, -0.25) is 0 Å². The number of hydrogen-bond donors (Lipinski definition) is 1. The van der Waals surface area contributed by atoms with Crippen LogP contribution in [-0.2, 0) is 6.54 Å². The Hall–Kier alpha value is -1.76. The van der Waals surface area contributed by atoms with Crippen LogP contribution in [0.1, 0.15) is 22.3 Å². The molecule has 0 aromatic heterocycles. The molecule has 2 rings (SSSR count). The largest absolute Gasteiger partial charge is 0.381 e. The van der Waals surface area contributed by atoms with E-state index in [1.54, 1.807) is 0 Å². The monoisotopic (exact) mass is 225 g/mol. The molecule has 0 atom stereocenters. The first kappa shape index (κ1) is 11.7. The molecule has 0 spiro atoms. The fraction of sp³-hybridized carbons (Fsp3) is 0.250. The van der Waals surface area contributed by atoms with Gasteiger partial charge in [-0.1, -0.05) is 36.4 Å². The lowest BCUT2D eigenvalue weighted by molar-refractivity contribution is 1.11. The first-order chi connectivity index (χ1) is 8.16. The number of benzene rings is 2. The summed E-state index contributed by atoms with van der Waals surface area (Å²) in [6.45, 7) is 7.30. The van der Waals surface area contributed by atoms with Gasteiger partial charge < -0.3 is 5.32 Å². The fourth-order valence-electron chi connectivity index (χ4n) is 1.93. The van der Waals surface area contributed by atoms with Crippen LogP contribution in [0.5, 0.6) is 0 Å². The zero-order chi connectivity index (χ0) is 12.3. The molecule has 2 aromatic rings. The summed E-state index contributed by atoms with van der Waals surface area (Å²) in [6, 6.07) is 15.0. The highest BCUT2D eigenvalue weighted by molar-refractivity contribution is 5.53. The minimum atomic E-state index is 0.886. The Morgan fingerprint density at radius 2 is 1.65 bits per heavy atom. The van der Waals surface area contributed by atoms with Crippen molar-refractivity contribution in [2.24, 2.45) is 0 Å². The number of aryl methyl sites for hydroxylation is 3. The molecule has 1 heteroatoms. The van der Waals surface area contributed by atoms with E-state index in [1.807, 2.05) is 0 Å². The Morgan fingerprint density at radius 1 is 0.882 bits per heavy atom. The van der Waals surface area contributed by atoms with Crippen molar-refractivity contribution in [3.63, 3.8) is 0 Å². The highest BCUT2D eigenvalue weighted by Gasteiger charge is 2.00. The number of nitrogens with one attached hydrogen (secondary N) is 1. The van der Waals surface area contributed by atoms with Gasteiger partial charge in [0.25, 0.3) is 0 Å². The molecule has 0 fully saturated rings. The zero-order valence-electron chi connectivity index (χ0n) is 10.7. The van der Waals surface area contributed by atoms with Crippen LogP contribution in [-0.4, -0.2) is 0 Å². The summed E-state index contributed by atoms with van der Waals surface area (Å²) in [5.74, 6) is 0. The van der Waals surface area contributed by atoms with Crippen LogP contribution in [0, 0.1) is 20.8 Å². The van der Waals surface area contributed by atoms with Gasteiger partial charge in [0.05, 0.1) is 0 Å². The quantitative estimate of drug-likeness (QED) is 0.824. The summed E-state index contributed by atoms with van der Waals surface area (Å²) in [6.07, 6.45) is 0. The average molecular weight is 225 g/mol. The summed E-state index contributed by atoms with van der Waals surface area (Å²) in [5.41, 5.74) is 6.51. The summed E-state index contributed by atoms with van der Waals surface area (Å²) in [4.78, 5) is 0. The third-order valence-corrected chi connectivity index (χ3v) is 3.12. The minimum Gasteiger partial charge on any atom is -0.381 e. The van der Waals surface area contributed by atoms with E-state index in [1.165, 1.54) is 27.9 Å². The van der Waals surface area contributed by atoms with Gasteiger partial charge in [-0.05, 0) is 49.1 Å². The molecule has 1 N–H and O–H groups in total. The molecule has 0 amide bonds. The second-order valence-corrected chi connectivity index (χ2v) is 4.60. The third kappa shape index (κ3) is 2.88. The van der Waals surface area contributed by atoms with Crippen molar-refractivity contribution in [3.05, 3.63) is 64.7 Å². The zero-order valence-corrected chi connectivity index (χ0v) is 10.7. The van der Waals surface area contributed by atoms with Crippen molar-refractivity contribution in [1.29, 1.82) is 0 Å². The first-order valence-corrected chi connectivity index (χ1v) is 6.02. The summed E-state index contributed by atoms with van der Waals surface area (Å²) < 4.78 is 0. The lowest BCUT2D eigenvalue weighted by Gasteiger charge is -2.12. The van der Waals surface area contributed by atoms with Crippen molar-refractivity contribution in [2.75, 3.05) is 5.32 Å². The Kier molecular flexibility index (Phi) is 3.48. The Balaban J connectivity index is 2.12. The van der Waals surface area contributed by atoms with Crippen LogP contribution in [0.4, 0.5) is 5.69 Å². The normalized spacial score (nSPS) is 10.3. The van der Waals surface area contributed by atoms with Crippen molar-refractivity contribution in [3.8, 4) is 0 Å². The van der Waals surface area contributed by atoms with E-state index in [0.29, 0.717) is 0 Å². The lowest BCUT2D eigenvalue weighted by Crippen LogP contribution is -2.02. The molecule has 2 aromatic carbocycles. The van der Waals surface area contributed by atoms with E-state index in [0.717, 1.165) is 6.54 Å². The highest BCUT2D eigenvalue weighted by atomic mass is 14.9. The predicted molar refractivity (Wildman–Crippen MR) is 74.4 cm³/mol. The van der Waals surface area contributed by atoms with Crippen LogP contribution < -0.4 is 5.32 Å². The third-order valence-electron chi connectivity index (χ3n) is 3.12. The van der Waals surface area contributed by atoms with E-state index in [2.05, 4.69) is 68.6 Å². The first-order valence-electron chi connectivity index (χ1n) is 6.02. The SMILES string of the molecule is Cc1ccc(C)c(NCc2ccccc2C)c1. The van der Waals surface area contributed by atoms with Crippen LogP contribution >= 0.6 is 0 Å². The molecule has 0 aliphatic carbocycles. The van der Waals surface area contributed by atoms with Gasteiger partial charge in [0.1, 0.15) is 0 Å². The molecule has 0 radical (unpaired) electrons. The smallest absolute Gasteiger partial charge is 0.0403 e. The van der Waals surface area contributed by atoms with E-state index in [4.69, 9.17) is 0 Å². The number of rotatable bonds is 3. The average Bonchev–Trinajstić information content (AvgIpc) is 2.32. The molecule has 0 saturated carbocycles. The van der Waals surface area contributed by atoms with Crippen LogP contribution in [0.2, 0.25) is 0 Å². The van der Waals surface area contributed by atoms with E-state index in [-0.39, 0.29) is 0 Å². The van der Waals surface area contributed by atoms with Crippen LogP contribution in [0.3, 0.4) is 0 Å². The molecular weight excluding hydrogens is 206 g/mol. The molecule has 0 heterocycles. The maximum absolute atomic E-state index is 3.51. The number of hydrogen-bond acceptors (Lipinski definition) is 1. The molecular formula is C16H19N. The fourth-order valence-corrected chi connectivity index (χ4v) is 1.93. The second-order valence-electron chi connectivity index (χ2n) is 4.60. The van der Waals surface area contributed by atoms with Crippen molar-refractivity contribution < 1.29 is 0 Å². The van der Waals surface area contributed by atoms with Gasteiger partial charge in [-0.15, -0.1) is 0 Å². The van der Waals surface area contributed by atoms with Crippen LogP contribution in [0.15, 0.2) is 42.5 Å². The molecule has 0 unspecified atom stereocenters. The Labute approximate surface area is 103 Å². The van der Waals surface area contributed by atoms with Gasteiger partial charge >= 0.3 is 0 Å². The van der Waals surface area contributed by atoms with E-state index < -0.39 is 0 Å². The van der Waals surface area contributed by atoms with Crippen molar-refractivity contribution in [1.82, 2.24) is 0 Å².